The number of likely N-dealkylation sites (tertiary alicyclic amines) is 1. The number of nitrogens with one attached hydrogen (secondary N) is 1. The molecule has 1 heterocycles. The Morgan fingerprint density at radius 2 is 2.06 bits per heavy atom. The Morgan fingerprint density at radius 3 is 2.62 bits per heavy atom. The first-order valence-corrected chi connectivity index (χ1v) is 7.14. The Morgan fingerprint density at radius 1 is 1.31 bits per heavy atom. The molecule has 16 heavy (non-hydrogen) atoms. The summed E-state index contributed by atoms with van der Waals surface area (Å²) >= 11 is 0. The SMILES string of the molecule is CCC1CCCN(C(CC)CNC(C)C)C1. The quantitative estimate of drug-likeness (QED) is 0.749. The Labute approximate surface area is 102 Å². The maximum atomic E-state index is 3.58. The molecule has 1 aliphatic heterocycles. The average Bonchev–Trinajstić information content (AvgIpc) is 2.30. The summed E-state index contributed by atoms with van der Waals surface area (Å²) in [6.45, 7) is 12.9. The van der Waals surface area contributed by atoms with E-state index < -0.39 is 0 Å². The van der Waals surface area contributed by atoms with Gasteiger partial charge in [-0.25, -0.2) is 0 Å². The molecule has 0 radical (unpaired) electrons. The van der Waals surface area contributed by atoms with Crippen LogP contribution < -0.4 is 5.32 Å². The lowest BCUT2D eigenvalue weighted by Gasteiger charge is -2.38. The molecule has 0 saturated carbocycles. The van der Waals surface area contributed by atoms with E-state index in [-0.39, 0.29) is 0 Å². The fraction of sp³-hybridized carbons (Fsp3) is 1.00. The largest absolute Gasteiger partial charge is 0.313 e. The first-order valence-electron chi connectivity index (χ1n) is 7.14. The van der Waals surface area contributed by atoms with Gasteiger partial charge in [-0.2, -0.15) is 0 Å². The van der Waals surface area contributed by atoms with Crippen molar-refractivity contribution in [1.29, 1.82) is 0 Å². The second kappa shape index (κ2) is 7.29. The third kappa shape index (κ3) is 4.42. The summed E-state index contributed by atoms with van der Waals surface area (Å²) in [4.78, 5) is 2.72. The molecule has 0 aromatic carbocycles. The van der Waals surface area contributed by atoms with E-state index in [0.717, 1.165) is 18.5 Å². The summed E-state index contributed by atoms with van der Waals surface area (Å²) in [5.41, 5.74) is 0. The maximum absolute atomic E-state index is 3.58. The number of hydrogen-bond acceptors (Lipinski definition) is 2. The molecular formula is C14H30N2. The van der Waals surface area contributed by atoms with Gasteiger partial charge in [0.2, 0.25) is 0 Å². The van der Waals surface area contributed by atoms with Crippen molar-refractivity contribution >= 4 is 0 Å². The third-order valence-corrected chi connectivity index (χ3v) is 3.88. The Balaban J connectivity index is 2.38. The van der Waals surface area contributed by atoms with E-state index in [1.54, 1.807) is 0 Å². The molecular weight excluding hydrogens is 196 g/mol. The summed E-state index contributed by atoms with van der Waals surface area (Å²) in [6, 6.07) is 1.36. The van der Waals surface area contributed by atoms with Crippen molar-refractivity contribution in [3.8, 4) is 0 Å². The van der Waals surface area contributed by atoms with Crippen LogP contribution in [0.2, 0.25) is 0 Å². The molecule has 0 spiro atoms. The Kier molecular flexibility index (Phi) is 6.37. The van der Waals surface area contributed by atoms with Gasteiger partial charge in [0.15, 0.2) is 0 Å². The first kappa shape index (κ1) is 14.0. The predicted octanol–water partition coefficient (Wildman–Crippen LogP) is 2.89. The molecule has 0 aromatic heterocycles. The second-order valence-corrected chi connectivity index (χ2v) is 5.54. The Bertz CT molecular complexity index is 180. The van der Waals surface area contributed by atoms with Gasteiger partial charge < -0.3 is 5.32 Å². The fourth-order valence-corrected chi connectivity index (χ4v) is 2.67. The van der Waals surface area contributed by atoms with Crippen LogP contribution in [-0.4, -0.2) is 36.6 Å². The standard InChI is InChI=1S/C14H30N2/c1-5-13-8-7-9-16(11-13)14(6-2)10-15-12(3)4/h12-15H,5-11H2,1-4H3. The average molecular weight is 226 g/mol. The van der Waals surface area contributed by atoms with Crippen molar-refractivity contribution in [2.75, 3.05) is 19.6 Å². The van der Waals surface area contributed by atoms with Gasteiger partial charge in [0.05, 0.1) is 0 Å². The van der Waals surface area contributed by atoms with E-state index >= 15 is 0 Å². The highest BCUT2D eigenvalue weighted by Crippen LogP contribution is 2.21. The smallest absolute Gasteiger partial charge is 0.0218 e. The van der Waals surface area contributed by atoms with Crippen molar-refractivity contribution in [2.45, 2.75) is 65.5 Å². The summed E-state index contributed by atoms with van der Waals surface area (Å²) in [7, 11) is 0. The van der Waals surface area contributed by atoms with Crippen LogP contribution in [0.3, 0.4) is 0 Å². The van der Waals surface area contributed by atoms with Crippen LogP contribution in [-0.2, 0) is 0 Å². The third-order valence-electron chi connectivity index (χ3n) is 3.88. The minimum atomic E-state index is 0.612. The van der Waals surface area contributed by atoms with Crippen molar-refractivity contribution in [3.05, 3.63) is 0 Å². The van der Waals surface area contributed by atoms with Gasteiger partial charge in [-0.15, -0.1) is 0 Å². The van der Waals surface area contributed by atoms with Crippen molar-refractivity contribution in [3.63, 3.8) is 0 Å². The molecule has 1 fully saturated rings. The zero-order valence-electron chi connectivity index (χ0n) is 11.6. The van der Waals surface area contributed by atoms with Gasteiger partial charge >= 0.3 is 0 Å². The summed E-state index contributed by atoms with van der Waals surface area (Å²) in [6.07, 6.45) is 5.47. The molecule has 1 rings (SSSR count). The normalized spacial score (nSPS) is 24.9. The highest BCUT2D eigenvalue weighted by Gasteiger charge is 2.23. The lowest BCUT2D eigenvalue weighted by Crippen LogP contribution is -2.47. The molecule has 1 saturated heterocycles. The van der Waals surface area contributed by atoms with Crippen LogP contribution in [0.15, 0.2) is 0 Å². The van der Waals surface area contributed by atoms with Gasteiger partial charge in [0.1, 0.15) is 0 Å². The Hall–Kier alpha value is -0.0800. The van der Waals surface area contributed by atoms with Crippen molar-refractivity contribution < 1.29 is 0 Å². The maximum Gasteiger partial charge on any atom is 0.0218 e. The lowest BCUT2D eigenvalue weighted by molar-refractivity contribution is 0.115. The monoisotopic (exact) mass is 226 g/mol. The second-order valence-electron chi connectivity index (χ2n) is 5.54. The molecule has 2 atom stereocenters. The van der Waals surface area contributed by atoms with Crippen molar-refractivity contribution in [1.82, 2.24) is 10.2 Å². The molecule has 96 valence electrons. The minimum Gasteiger partial charge on any atom is -0.313 e. The van der Waals surface area contributed by atoms with Crippen LogP contribution in [0.5, 0.6) is 0 Å². The summed E-state index contributed by atoms with van der Waals surface area (Å²) in [5, 5.41) is 3.58. The van der Waals surface area contributed by atoms with Gasteiger partial charge in [-0.3, -0.25) is 4.90 Å². The van der Waals surface area contributed by atoms with Crippen molar-refractivity contribution in [2.24, 2.45) is 5.92 Å². The van der Waals surface area contributed by atoms with E-state index in [1.807, 2.05) is 0 Å². The topological polar surface area (TPSA) is 15.3 Å². The van der Waals surface area contributed by atoms with E-state index in [4.69, 9.17) is 0 Å². The zero-order chi connectivity index (χ0) is 12.0. The number of piperidine rings is 1. The van der Waals surface area contributed by atoms with Crippen LogP contribution in [0.25, 0.3) is 0 Å². The van der Waals surface area contributed by atoms with Crippen LogP contribution >= 0.6 is 0 Å². The number of nitrogens with zero attached hydrogens (tertiary/aromatic N) is 1. The molecule has 2 unspecified atom stereocenters. The molecule has 0 aliphatic carbocycles. The molecule has 2 nitrogen and oxygen atoms in total. The highest BCUT2D eigenvalue weighted by molar-refractivity contribution is 4.79. The molecule has 0 amide bonds. The van der Waals surface area contributed by atoms with E-state index in [0.29, 0.717) is 6.04 Å². The highest BCUT2D eigenvalue weighted by atomic mass is 15.2. The van der Waals surface area contributed by atoms with Crippen LogP contribution in [0.4, 0.5) is 0 Å². The molecule has 0 bridgehead atoms. The minimum absolute atomic E-state index is 0.612. The number of hydrogen-bond donors (Lipinski definition) is 1. The molecule has 1 N–H and O–H groups in total. The van der Waals surface area contributed by atoms with Gasteiger partial charge in [0, 0.05) is 25.2 Å². The van der Waals surface area contributed by atoms with Crippen LogP contribution in [0, 0.1) is 5.92 Å². The fourth-order valence-electron chi connectivity index (χ4n) is 2.67. The van der Waals surface area contributed by atoms with E-state index in [9.17, 15) is 0 Å². The lowest BCUT2D eigenvalue weighted by atomic mass is 9.94. The predicted molar refractivity (Wildman–Crippen MR) is 71.8 cm³/mol. The van der Waals surface area contributed by atoms with Crippen LogP contribution in [0.1, 0.15) is 53.4 Å². The van der Waals surface area contributed by atoms with Gasteiger partial charge in [-0.1, -0.05) is 34.1 Å². The van der Waals surface area contributed by atoms with Gasteiger partial charge in [0.25, 0.3) is 0 Å². The molecule has 0 aromatic rings. The number of rotatable bonds is 6. The first-order chi connectivity index (χ1) is 7.67. The van der Waals surface area contributed by atoms with E-state index in [1.165, 1.54) is 38.8 Å². The zero-order valence-corrected chi connectivity index (χ0v) is 11.6. The molecule has 2 heteroatoms. The van der Waals surface area contributed by atoms with Gasteiger partial charge in [-0.05, 0) is 31.7 Å². The molecule has 1 aliphatic rings. The summed E-state index contributed by atoms with van der Waals surface area (Å²) < 4.78 is 0. The van der Waals surface area contributed by atoms with E-state index in [2.05, 4.69) is 37.9 Å². The summed E-state index contributed by atoms with van der Waals surface area (Å²) in [5.74, 6) is 0.946.